The first-order valence-electron chi connectivity index (χ1n) is 4.67. The molecule has 0 bridgehead atoms. The predicted molar refractivity (Wildman–Crippen MR) is 62.1 cm³/mol. The topological polar surface area (TPSA) is 0 Å². The summed E-state index contributed by atoms with van der Waals surface area (Å²) in [5, 5.41) is 0.459. The van der Waals surface area contributed by atoms with E-state index in [1.807, 2.05) is 23.9 Å². The third-order valence-corrected chi connectivity index (χ3v) is 3.31. The molecule has 0 heterocycles. The Morgan fingerprint density at radius 1 is 1.38 bits per heavy atom. The Balaban J connectivity index is 2.61. The molecule has 0 N–H and O–H groups in total. The minimum absolute atomic E-state index is 0.459. The zero-order chi connectivity index (χ0) is 9.52. The van der Waals surface area contributed by atoms with E-state index in [9.17, 15) is 0 Å². The Hall–Kier alpha value is -0.690. The van der Waals surface area contributed by atoms with E-state index >= 15 is 0 Å². The van der Waals surface area contributed by atoms with E-state index in [-0.39, 0.29) is 0 Å². The fraction of sp³-hybridized carbons (Fsp3) is 0.333. The van der Waals surface area contributed by atoms with Gasteiger partial charge in [-0.15, -0.1) is 18.3 Å². The van der Waals surface area contributed by atoms with E-state index < -0.39 is 0 Å². The third-order valence-electron chi connectivity index (χ3n) is 1.84. The Bertz CT molecular complexity index is 241. The van der Waals surface area contributed by atoms with E-state index in [1.165, 1.54) is 17.7 Å². The Morgan fingerprint density at radius 2 is 2.08 bits per heavy atom. The molecule has 0 saturated carbocycles. The molecule has 0 saturated heterocycles. The summed E-state index contributed by atoms with van der Waals surface area (Å²) < 4.78 is 0. The number of hydrogen-bond donors (Lipinski definition) is 0. The summed E-state index contributed by atoms with van der Waals surface area (Å²) in [5.74, 6) is 1.20. The summed E-state index contributed by atoms with van der Waals surface area (Å²) in [4.78, 5) is 0. The van der Waals surface area contributed by atoms with Gasteiger partial charge in [0.2, 0.25) is 0 Å². The summed E-state index contributed by atoms with van der Waals surface area (Å²) in [6.45, 7) is 6.08. The summed E-state index contributed by atoms with van der Waals surface area (Å²) in [5.41, 5.74) is 1.36. The van der Waals surface area contributed by atoms with Gasteiger partial charge >= 0.3 is 0 Å². The first-order chi connectivity index (χ1) is 6.38. The second-order valence-electron chi connectivity index (χ2n) is 2.94. The lowest BCUT2D eigenvalue weighted by Gasteiger charge is -2.11. The molecule has 0 fully saturated rings. The lowest BCUT2D eigenvalue weighted by molar-refractivity contribution is 1.09. The minimum atomic E-state index is 0.459. The van der Waals surface area contributed by atoms with Crippen LogP contribution in [0.5, 0.6) is 0 Å². The van der Waals surface area contributed by atoms with Gasteiger partial charge in [-0.2, -0.15) is 0 Å². The van der Waals surface area contributed by atoms with Crippen molar-refractivity contribution in [1.82, 2.24) is 0 Å². The van der Waals surface area contributed by atoms with Crippen LogP contribution in [0.4, 0.5) is 0 Å². The smallest absolute Gasteiger partial charge is 0.0474 e. The van der Waals surface area contributed by atoms with Gasteiger partial charge in [0.05, 0.1) is 0 Å². The second kappa shape index (κ2) is 5.87. The standard InChI is InChI=1S/C12H16S/c1-3-10-13-12(4-2)11-8-6-5-7-9-11/h4-9,12H,2-3,10H2,1H3. The largest absolute Gasteiger partial charge is 0.150 e. The monoisotopic (exact) mass is 192 g/mol. The van der Waals surface area contributed by atoms with Crippen LogP contribution in [-0.4, -0.2) is 5.75 Å². The van der Waals surface area contributed by atoms with Gasteiger partial charge in [0.1, 0.15) is 0 Å². The maximum absolute atomic E-state index is 3.87. The van der Waals surface area contributed by atoms with Crippen LogP contribution in [0.25, 0.3) is 0 Å². The van der Waals surface area contributed by atoms with Crippen molar-refractivity contribution in [3.05, 3.63) is 48.6 Å². The maximum Gasteiger partial charge on any atom is 0.0474 e. The van der Waals surface area contributed by atoms with Gasteiger partial charge in [0.15, 0.2) is 0 Å². The Labute approximate surface area is 85.1 Å². The first kappa shape index (κ1) is 10.4. The highest BCUT2D eigenvalue weighted by atomic mass is 32.2. The van der Waals surface area contributed by atoms with Gasteiger partial charge < -0.3 is 0 Å². The predicted octanol–water partition coefficient (Wildman–Crippen LogP) is 4.06. The average molecular weight is 192 g/mol. The molecule has 1 aromatic carbocycles. The second-order valence-corrected chi connectivity index (χ2v) is 4.19. The Kier molecular flexibility index (Phi) is 4.69. The Morgan fingerprint density at radius 3 is 2.62 bits per heavy atom. The van der Waals surface area contributed by atoms with Crippen molar-refractivity contribution >= 4 is 11.8 Å². The van der Waals surface area contributed by atoms with Crippen molar-refractivity contribution in [2.75, 3.05) is 5.75 Å². The van der Waals surface area contributed by atoms with Gasteiger partial charge in [-0.25, -0.2) is 0 Å². The van der Waals surface area contributed by atoms with E-state index in [0.717, 1.165) is 0 Å². The van der Waals surface area contributed by atoms with Crippen LogP contribution >= 0.6 is 11.8 Å². The van der Waals surface area contributed by atoms with Crippen molar-refractivity contribution in [3.63, 3.8) is 0 Å². The summed E-state index contributed by atoms with van der Waals surface area (Å²) in [6.07, 6.45) is 3.25. The molecule has 1 aromatic rings. The maximum atomic E-state index is 3.87. The molecule has 0 spiro atoms. The van der Waals surface area contributed by atoms with Gasteiger partial charge in [0.25, 0.3) is 0 Å². The highest BCUT2D eigenvalue weighted by molar-refractivity contribution is 7.99. The van der Waals surface area contributed by atoms with Crippen LogP contribution in [0.2, 0.25) is 0 Å². The van der Waals surface area contributed by atoms with E-state index in [2.05, 4.69) is 37.8 Å². The fourth-order valence-corrected chi connectivity index (χ4v) is 2.16. The normalized spacial score (nSPS) is 12.4. The molecule has 1 unspecified atom stereocenters. The van der Waals surface area contributed by atoms with Crippen LogP contribution < -0.4 is 0 Å². The molecule has 0 radical (unpaired) electrons. The van der Waals surface area contributed by atoms with Gasteiger partial charge in [0, 0.05) is 5.25 Å². The molecule has 1 heteroatoms. The van der Waals surface area contributed by atoms with E-state index in [1.54, 1.807) is 0 Å². The van der Waals surface area contributed by atoms with Crippen LogP contribution in [-0.2, 0) is 0 Å². The summed E-state index contributed by atoms with van der Waals surface area (Å²) >= 11 is 1.96. The first-order valence-corrected chi connectivity index (χ1v) is 5.72. The van der Waals surface area contributed by atoms with Crippen molar-refractivity contribution in [2.24, 2.45) is 0 Å². The number of hydrogen-bond acceptors (Lipinski definition) is 1. The molecular formula is C12H16S. The van der Waals surface area contributed by atoms with Crippen LogP contribution in [0.3, 0.4) is 0 Å². The van der Waals surface area contributed by atoms with Crippen LogP contribution in [0.15, 0.2) is 43.0 Å². The minimum Gasteiger partial charge on any atom is -0.150 e. The summed E-state index contributed by atoms with van der Waals surface area (Å²) in [7, 11) is 0. The number of benzene rings is 1. The van der Waals surface area contributed by atoms with Crippen LogP contribution in [0.1, 0.15) is 24.2 Å². The molecule has 0 aliphatic heterocycles. The van der Waals surface area contributed by atoms with Gasteiger partial charge in [-0.3, -0.25) is 0 Å². The zero-order valence-corrected chi connectivity index (χ0v) is 8.89. The third kappa shape index (κ3) is 3.27. The molecule has 0 amide bonds. The highest BCUT2D eigenvalue weighted by Gasteiger charge is 2.05. The van der Waals surface area contributed by atoms with Crippen molar-refractivity contribution in [2.45, 2.75) is 18.6 Å². The van der Waals surface area contributed by atoms with Gasteiger partial charge in [-0.05, 0) is 17.7 Å². The molecule has 70 valence electrons. The van der Waals surface area contributed by atoms with Gasteiger partial charge in [-0.1, -0.05) is 43.3 Å². The van der Waals surface area contributed by atoms with Crippen molar-refractivity contribution in [3.8, 4) is 0 Å². The molecule has 1 atom stereocenters. The van der Waals surface area contributed by atoms with Crippen molar-refractivity contribution in [1.29, 1.82) is 0 Å². The lowest BCUT2D eigenvalue weighted by atomic mass is 10.1. The quantitative estimate of drug-likeness (QED) is 0.634. The molecule has 13 heavy (non-hydrogen) atoms. The molecule has 0 nitrogen and oxygen atoms in total. The molecule has 0 aliphatic rings. The molecule has 1 rings (SSSR count). The SMILES string of the molecule is C=CC(SCCC)c1ccccc1. The zero-order valence-electron chi connectivity index (χ0n) is 8.07. The van der Waals surface area contributed by atoms with E-state index in [4.69, 9.17) is 0 Å². The molecule has 0 aromatic heterocycles. The van der Waals surface area contributed by atoms with E-state index in [0.29, 0.717) is 5.25 Å². The molecule has 0 aliphatic carbocycles. The van der Waals surface area contributed by atoms with Crippen molar-refractivity contribution < 1.29 is 0 Å². The van der Waals surface area contributed by atoms with Crippen LogP contribution in [0, 0.1) is 0 Å². The number of rotatable bonds is 5. The molecular weight excluding hydrogens is 176 g/mol. The summed E-state index contributed by atoms with van der Waals surface area (Å²) in [6, 6.07) is 10.5. The number of thioether (sulfide) groups is 1. The fourth-order valence-electron chi connectivity index (χ4n) is 1.19. The average Bonchev–Trinajstić information content (AvgIpc) is 2.21. The lowest BCUT2D eigenvalue weighted by Crippen LogP contribution is -1.90. The highest BCUT2D eigenvalue weighted by Crippen LogP contribution is 2.29.